The van der Waals surface area contributed by atoms with Crippen LogP contribution in [0.5, 0.6) is 0 Å². The second-order valence-electron chi connectivity index (χ2n) is 4.36. The van der Waals surface area contributed by atoms with E-state index >= 15 is 0 Å². The molecule has 3 rings (SSSR count). The van der Waals surface area contributed by atoms with Crippen molar-refractivity contribution in [2.24, 2.45) is 0 Å². The molecule has 0 fully saturated rings. The summed E-state index contributed by atoms with van der Waals surface area (Å²) in [5.74, 6) is 0. The van der Waals surface area contributed by atoms with Crippen molar-refractivity contribution in [2.75, 3.05) is 7.11 Å². The Hall–Kier alpha value is -2.22. The molecule has 0 bridgehead atoms. The zero-order valence-corrected chi connectivity index (χ0v) is 10.3. The number of methoxy groups -OCH3 is 1. The number of aromatic amines is 1. The van der Waals surface area contributed by atoms with Crippen LogP contribution in [0.2, 0.25) is 0 Å². The molecule has 0 atom stereocenters. The smallest absolute Gasteiger partial charge is 0.0866 e. The summed E-state index contributed by atoms with van der Waals surface area (Å²) >= 11 is 0. The number of hydrogen-bond acceptors (Lipinski definition) is 1. The first-order chi connectivity index (χ1) is 8.88. The maximum Gasteiger partial charge on any atom is 0.0866 e. The molecule has 0 spiro atoms. The highest BCUT2D eigenvalue weighted by Crippen LogP contribution is 2.32. The molecule has 1 N–H and O–H groups in total. The van der Waals surface area contributed by atoms with Crippen LogP contribution in [0.15, 0.2) is 48.7 Å². The van der Waals surface area contributed by atoms with Crippen LogP contribution in [0, 0.1) is 0 Å². The van der Waals surface area contributed by atoms with Crippen molar-refractivity contribution in [1.82, 2.24) is 4.98 Å². The Morgan fingerprint density at radius 1 is 1.22 bits per heavy atom. The van der Waals surface area contributed by atoms with Gasteiger partial charge in [0.15, 0.2) is 0 Å². The van der Waals surface area contributed by atoms with Crippen molar-refractivity contribution >= 4 is 11.6 Å². The molecule has 0 aliphatic heterocycles. The topological polar surface area (TPSA) is 25.0 Å². The molecule has 90 valence electrons. The number of ether oxygens (including phenoxy) is 1. The third kappa shape index (κ3) is 1.86. The molecule has 0 amide bonds. The van der Waals surface area contributed by atoms with Crippen molar-refractivity contribution < 1.29 is 4.74 Å². The van der Waals surface area contributed by atoms with E-state index in [2.05, 4.69) is 47.5 Å². The van der Waals surface area contributed by atoms with Crippen LogP contribution in [-0.4, -0.2) is 12.1 Å². The first-order valence-corrected chi connectivity index (χ1v) is 6.05. The van der Waals surface area contributed by atoms with Gasteiger partial charge in [-0.25, -0.2) is 0 Å². The zero-order chi connectivity index (χ0) is 12.4. The van der Waals surface area contributed by atoms with Crippen LogP contribution in [0.3, 0.4) is 0 Å². The molecule has 1 aliphatic carbocycles. The van der Waals surface area contributed by atoms with Gasteiger partial charge in [-0.05, 0) is 29.7 Å². The van der Waals surface area contributed by atoms with Gasteiger partial charge < -0.3 is 9.72 Å². The van der Waals surface area contributed by atoms with Gasteiger partial charge in [-0.1, -0.05) is 36.4 Å². The Morgan fingerprint density at radius 2 is 2.06 bits per heavy atom. The molecule has 1 aromatic carbocycles. The number of H-pyrrole nitrogens is 1. The predicted molar refractivity (Wildman–Crippen MR) is 74.9 cm³/mol. The minimum atomic E-state index is 0.924. The predicted octanol–water partition coefficient (Wildman–Crippen LogP) is 4.09. The van der Waals surface area contributed by atoms with E-state index in [4.69, 9.17) is 4.74 Å². The Labute approximate surface area is 107 Å². The maximum atomic E-state index is 5.14. The van der Waals surface area contributed by atoms with Crippen LogP contribution in [0.25, 0.3) is 22.9 Å². The van der Waals surface area contributed by atoms with Crippen molar-refractivity contribution in [3.63, 3.8) is 0 Å². The van der Waals surface area contributed by atoms with Gasteiger partial charge in [0, 0.05) is 17.0 Å². The third-order valence-corrected chi connectivity index (χ3v) is 3.16. The molecular formula is C16H15NO. The van der Waals surface area contributed by atoms with E-state index in [9.17, 15) is 0 Å². The number of rotatable bonds is 2. The van der Waals surface area contributed by atoms with E-state index in [1.165, 1.54) is 16.7 Å². The summed E-state index contributed by atoms with van der Waals surface area (Å²) < 4.78 is 5.14. The van der Waals surface area contributed by atoms with E-state index in [0.29, 0.717) is 0 Å². The van der Waals surface area contributed by atoms with Crippen molar-refractivity contribution in [1.29, 1.82) is 0 Å². The molecule has 2 aromatic rings. The lowest BCUT2D eigenvalue weighted by molar-refractivity contribution is 0.339. The molecule has 1 heterocycles. The summed E-state index contributed by atoms with van der Waals surface area (Å²) in [5.41, 5.74) is 5.96. The summed E-state index contributed by atoms with van der Waals surface area (Å²) in [6.45, 7) is 0. The highest BCUT2D eigenvalue weighted by atomic mass is 16.5. The lowest BCUT2D eigenvalue weighted by Crippen LogP contribution is -1.90. The van der Waals surface area contributed by atoms with Crippen LogP contribution in [0.1, 0.15) is 17.7 Å². The maximum absolute atomic E-state index is 5.14. The third-order valence-electron chi connectivity index (χ3n) is 3.16. The van der Waals surface area contributed by atoms with Crippen LogP contribution in [-0.2, 0) is 4.74 Å². The van der Waals surface area contributed by atoms with Gasteiger partial charge in [-0.15, -0.1) is 0 Å². The van der Waals surface area contributed by atoms with Crippen molar-refractivity contribution in [3.8, 4) is 11.3 Å². The lowest BCUT2D eigenvalue weighted by Gasteiger charge is -2.08. The van der Waals surface area contributed by atoms with E-state index in [-0.39, 0.29) is 0 Å². The summed E-state index contributed by atoms with van der Waals surface area (Å²) in [6, 6.07) is 12.6. The second-order valence-corrected chi connectivity index (χ2v) is 4.36. The molecule has 1 aromatic heterocycles. The number of aromatic nitrogens is 1. The van der Waals surface area contributed by atoms with Crippen LogP contribution in [0.4, 0.5) is 0 Å². The van der Waals surface area contributed by atoms with E-state index in [1.807, 2.05) is 12.3 Å². The number of nitrogens with one attached hydrogen (secondary N) is 1. The zero-order valence-electron chi connectivity index (χ0n) is 10.3. The fraction of sp³-hybridized carbons (Fsp3) is 0.125. The minimum Gasteiger partial charge on any atom is -0.504 e. The lowest BCUT2D eigenvalue weighted by atomic mass is 9.98. The van der Waals surface area contributed by atoms with Crippen LogP contribution >= 0.6 is 0 Å². The fourth-order valence-corrected chi connectivity index (χ4v) is 2.31. The second kappa shape index (κ2) is 4.57. The molecular weight excluding hydrogens is 222 g/mol. The van der Waals surface area contributed by atoms with Gasteiger partial charge in [0.1, 0.15) is 0 Å². The average Bonchev–Trinajstić information content (AvgIpc) is 2.85. The first kappa shape index (κ1) is 10.9. The van der Waals surface area contributed by atoms with Crippen molar-refractivity contribution in [3.05, 3.63) is 60.0 Å². The number of benzene rings is 1. The molecule has 0 saturated heterocycles. The molecule has 0 saturated carbocycles. The normalized spacial score (nSPS) is 15.7. The molecule has 18 heavy (non-hydrogen) atoms. The quantitative estimate of drug-likeness (QED) is 0.782. The number of hydrogen-bond donors (Lipinski definition) is 1. The van der Waals surface area contributed by atoms with Gasteiger partial charge >= 0.3 is 0 Å². The van der Waals surface area contributed by atoms with Gasteiger partial charge in [-0.2, -0.15) is 0 Å². The standard InChI is InChI=1S/C16H15NO/c1-18-11-13-8-5-9-15-14(13)10-16(17-15)12-6-3-2-4-7-12/h2-7,9-11,17H,8H2,1H3/b13-11+. The van der Waals surface area contributed by atoms with Gasteiger partial charge in [0.25, 0.3) is 0 Å². The highest BCUT2D eigenvalue weighted by molar-refractivity contribution is 5.81. The minimum absolute atomic E-state index is 0.924. The average molecular weight is 237 g/mol. The molecule has 0 radical (unpaired) electrons. The van der Waals surface area contributed by atoms with E-state index in [0.717, 1.165) is 17.8 Å². The fourth-order valence-electron chi connectivity index (χ4n) is 2.31. The Morgan fingerprint density at radius 3 is 2.83 bits per heavy atom. The highest BCUT2D eigenvalue weighted by Gasteiger charge is 2.14. The Bertz CT molecular complexity index is 605. The van der Waals surface area contributed by atoms with Crippen molar-refractivity contribution in [2.45, 2.75) is 6.42 Å². The van der Waals surface area contributed by atoms with E-state index < -0.39 is 0 Å². The number of allylic oxidation sites excluding steroid dienone is 2. The molecule has 1 aliphatic rings. The summed E-state index contributed by atoms with van der Waals surface area (Å²) in [5, 5.41) is 0. The molecule has 2 heteroatoms. The summed E-state index contributed by atoms with van der Waals surface area (Å²) in [7, 11) is 1.69. The summed E-state index contributed by atoms with van der Waals surface area (Å²) in [6.07, 6.45) is 7.03. The van der Waals surface area contributed by atoms with Gasteiger partial charge in [0.05, 0.1) is 13.4 Å². The SMILES string of the molecule is CO/C=C1\CC=Cc2[nH]c(-c3ccccc3)cc21. The summed E-state index contributed by atoms with van der Waals surface area (Å²) in [4.78, 5) is 3.46. The van der Waals surface area contributed by atoms with Gasteiger partial charge in [-0.3, -0.25) is 0 Å². The largest absolute Gasteiger partial charge is 0.504 e. The first-order valence-electron chi connectivity index (χ1n) is 6.05. The monoisotopic (exact) mass is 237 g/mol. The number of fused-ring (bicyclic) bond motifs is 1. The molecule has 2 nitrogen and oxygen atoms in total. The molecule has 0 unspecified atom stereocenters. The Balaban J connectivity index is 2.07. The van der Waals surface area contributed by atoms with E-state index in [1.54, 1.807) is 7.11 Å². The Kier molecular flexibility index (Phi) is 2.77. The van der Waals surface area contributed by atoms with Gasteiger partial charge in [0.2, 0.25) is 0 Å². The van der Waals surface area contributed by atoms with Crippen LogP contribution < -0.4 is 0 Å².